The van der Waals surface area contributed by atoms with Crippen LogP contribution in [0.25, 0.3) is 0 Å². The van der Waals surface area contributed by atoms with Gasteiger partial charge < -0.3 is 16.4 Å². The standard InChI is InChI=1S/C17H27N3O2/c1-4-6-7-13-8-10-14(11-9-13)19-16(21)15(12(3)5-2)20-17(18)22/h8-12,15H,4-7H2,1-3H3,(H,19,21)(H3,18,20,22)/t12-,15-/m0/s1. The molecule has 0 bridgehead atoms. The molecule has 0 saturated carbocycles. The quantitative estimate of drug-likeness (QED) is 0.689. The van der Waals surface area contributed by atoms with Crippen molar-refractivity contribution in [3.8, 4) is 0 Å². The molecular weight excluding hydrogens is 278 g/mol. The number of carbonyl (C=O) groups is 2. The zero-order valence-corrected chi connectivity index (χ0v) is 13.7. The van der Waals surface area contributed by atoms with Crippen LogP contribution in [0.15, 0.2) is 24.3 Å². The van der Waals surface area contributed by atoms with Gasteiger partial charge in [0.1, 0.15) is 6.04 Å². The van der Waals surface area contributed by atoms with Crippen molar-refractivity contribution in [3.05, 3.63) is 29.8 Å². The first-order valence-electron chi connectivity index (χ1n) is 7.93. The highest BCUT2D eigenvalue weighted by Gasteiger charge is 2.25. The molecule has 0 spiro atoms. The van der Waals surface area contributed by atoms with E-state index in [1.54, 1.807) is 0 Å². The van der Waals surface area contributed by atoms with Gasteiger partial charge in [-0.05, 0) is 36.5 Å². The van der Waals surface area contributed by atoms with Gasteiger partial charge in [-0.25, -0.2) is 4.79 Å². The van der Waals surface area contributed by atoms with E-state index in [0.29, 0.717) is 0 Å². The van der Waals surface area contributed by atoms with Crippen molar-refractivity contribution >= 4 is 17.6 Å². The molecule has 0 radical (unpaired) electrons. The average Bonchev–Trinajstić information content (AvgIpc) is 2.51. The zero-order valence-electron chi connectivity index (χ0n) is 13.7. The Morgan fingerprint density at radius 3 is 2.32 bits per heavy atom. The Bertz CT molecular complexity index is 485. The fourth-order valence-corrected chi connectivity index (χ4v) is 2.21. The fraction of sp³-hybridized carbons (Fsp3) is 0.529. The third-order valence-corrected chi connectivity index (χ3v) is 3.83. The van der Waals surface area contributed by atoms with Gasteiger partial charge in [-0.15, -0.1) is 0 Å². The Labute approximate surface area is 132 Å². The Kier molecular flexibility index (Phi) is 7.43. The molecule has 0 heterocycles. The third kappa shape index (κ3) is 5.76. The van der Waals surface area contributed by atoms with Gasteiger partial charge in [-0.3, -0.25) is 4.79 Å². The van der Waals surface area contributed by atoms with Crippen LogP contribution in [0.4, 0.5) is 10.5 Å². The minimum absolute atomic E-state index is 0.0105. The average molecular weight is 305 g/mol. The second-order valence-corrected chi connectivity index (χ2v) is 5.66. The van der Waals surface area contributed by atoms with E-state index in [-0.39, 0.29) is 11.8 Å². The lowest BCUT2D eigenvalue weighted by molar-refractivity contribution is -0.119. The van der Waals surface area contributed by atoms with Gasteiger partial charge in [0.2, 0.25) is 5.91 Å². The molecule has 2 atom stereocenters. The Morgan fingerprint density at radius 1 is 1.18 bits per heavy atom. The Hall–Kier alpha value is -2.04. The van der Waals surface area contributed by atoms with E-state index < -0.39 is 12.1 Å². The van der Waals surface area contributed by atoms with E-state index in [0.717, 1.165) is 31.4 Å². The van der Waals surface area contributed by atoms with Gasteiger partial charge in [-0.1, -0.05) is 45.7 Å². The number of hydrogen-bond donors (Lipinski definition) is 3. The van der Waals surface area contributed by atoms with E-state index in [4.69, 9.17) is 5.73 Å². The van der Waals surface area contributed by atoms with Crippen molar-refractivity contribution in [2.45, 2.75) is 52.5 Å². The number of carbonyl (C=O) groups excluding carboxylic acids is 2. The molecule has 3 amide bonds. The minimum Gasteiger partial charge on any atom is -0.352 e. The van der Waals surface area contributed by atoms with Gasteiger partial charge in [0, 0.05) is 5.69 Å². The molecule has 1 aromatic rings. The van der Waals surface area contributed by atoms with Crippen LogP contribution >= 0.6 is 0 Å². The number of aryl methyl sites for hydroxylation is 1. The van der Waals surface area contributed by atoms with E-state index in [1.807, 2.05) is 38.1 Å². The normalized spacial score (nSPS) is 13.2. The molecule has 0 fully saturated rings. The van der Waals surface area contributed by atoms with Crippen molar-refractivity contribution in [1.29, 1.82) is 0 Å². The molecule has 1 aromatic carbocycles. The van der Waals surface area contributed by atoms with Gasteiger partial charge in [0.15, 0.2) is 0 Å². The molecule has 0 unspecified atom stereocenters. The van der Waals surface area contributed by atoms with Gasteiger partial charge >= 0.3 is 6.03 Å². The highest BCUT2D eigenvalue weighted by molar-refractivity contribution is 5.97. The maximum atomic E-state index is 12.3. The third-order valence-electron chi connectivity index (χ3n) is 3.83. The van der Waals surface area contributed by atoms with E-state index in [1.165, 1.54) is 5.56 Å². The summed E-state index contributed by atoms with van der Waals surface area (Å²) in [5.41, 5.74) is 7.14. The molecule has 4 N–H and O–H groups in total. The van der Waals surface area contributed by atoms with Crippen molar-refractivity contribution in [1.82, 2.24) is 5.32 Å². The summed E-state index contributed by atoms with van der Waals surface area (Å²) in [6, 6.07) is 6.51. The summed E-state index contributed by atoms with van der Waals surface area (Å²) >= 11 is 0. The number of unbranched alkanes of at least 4 members (excludes halogenated alkanes) is 1. The monoisotopic (exact) mass is 305 g/mol. The number of amides is 3. The predicted octanol–water partition coefficient (Wildman–Crippen LogP) is 3.05. The number of anilines is 1. The fourth-order valence-electron chi connectivity index (χ4n) is 2.21. The number of hydrogen-bond acceptors (Lipinski definition) is 2. The number of nitrogens with two attached hydrogens (primary N) is 1. The molecule has 0 aliphatic heterocycles. The molecule has 0 aromatic heterocycles. The lowest BCUT2D eigenvalue weighted by Gasteiger charge is -2.22. The second-order valence-electron chi connectivity index (χ2n) is 5.66. The smallest absolute Gasteiger partial charge is 0.312 e. The molecule has 5 nitrogen and oxygen atoms in total. The molecule has 0 aliphatic rings. The molecule has 5 heteroatoms. The number of rotatable bonds is 8. The first-order chi connectivity index (χ1) is 10.5. The summed E-state index contributed by atoms with van der Waals surface area (Å²) in [5.74, 6) is -0.231. The number of benzene rings is 1. The molecule has 22 heavy (non-hydrogen) atoms. The van der Waals surface area contributed by atoms with Gasteiger partial charge in [0.05, 0.1) is 0 Å². The van der Waals surface area contributed by atoms with Crippen LogP contribution in [0.1, 0.15) is 45.6 Å². The van der Waals surface area contributed by atoms with Crippen molar-refractivity contribution < 1.29 is 9.59 Å². The zero-order chi connectivity index (χ0) is 16.5. The van der Waals surface area contributed by atoms with Crippen LogP contribution in [0, 0.1) is 5.92 Å². The van der Waals surface area contributed by atoms with Gasteiger partial charge in [-0.2, -0.15) is 0 Å². The van der Waals surface area contributed by atoms with Crippen LogP contribution in [-0.2, 0) is 11.2 Å². The van der Waals surface area contributed by atoms with E-state index in [2.05, 4.69) is 17.6 Å². The SMILES string of the molecule is CCCCc1ccc(NC(=O)[C@@H](NC(N)=O)[C@@H](C)CC)cc1. The first kappa shape index (κ1) is 18.0. The molecule has 0 aliphatic carbocycles. The molecule has 1 rings (SSSR count). The van der Waals surface area contributed by atoms with Crippen molar-refractivity contribution in [2.24, 2.45) is 11.7 Å². The van der Waals surface area contributed by atoms with Crippen LogP contribution in [0.2, 0.25) is 0 Å². The van der Waals surface area contributed by atoms with Crippen LogP contribution < -0.4 is 16.4 Å². The Balaban J connectivity index is 2.69. The lowest BCUT2D eigenvalue weighted by Crippen LogP contribution is -2.49. The highest BCUT2D eigenvalue weighted by atomic mass is 16.2. The molecule has 0 saturated heterocycles. The van der Waals surface area contributed by atoms with Crippen LogP contribution in [-0.4, -0.2) is 18.0 Å². The minimum atomic E-state index is -0.685. The summed E-state index contributed by atoms with van der Waals surface area (Å²) < 4.78 is 0. The molecular formula is C17H27N3O2. The summed E-state index contributed by atoms with van der Waals surface area (Å²) in [7, 11) is 0. The van der Waals surface area contributed by atoms with Crippen LogP contribution in [0.3, 0.4) is 0 Å². The first-order valence-corrected chi connectivity index (χ1v) is 7.93. The summed E-state index contributed by atoms with van der Waals surface area (Å²) in [6.45, 7) is 6.04. The van der Waals surface area contributed by atoms with Crippen molar-refractivity contribution in [2.75, 3.05) is 5.32 Å². The lowest BCUT2D eigenvalue weighted by atomic mass is 9.98. The topological polar surface area (TPSA) is 84.2 Å². The maximum Gasteiger partial charge on any atom is 0.312 e. The van der Waals surface area contributed by atoms with Crippen LogP contribution in [0.5, 0.6) is 0 Å². The van der Waals surface area contributed by atoms with E-state index >= 15 is 0 Å². The highest BCUT2D eigenvalue weighted by Crippen LogP contribution is 2.14. The van der Waals surface area contributed by atoms with E-state index in [9.17, 15) is 9.59 Å². The van der Waals surface area contributed by atoms with Gasteiger partial charge in [0.25, 0.3) is 0 Å². The van der Waals surface area contributed by atoms with Crippen molar-refractivity contribution in [3.63, 3.8) is 0 Å². The maximum absolute atomic E-state index is 12.3. The number of primary amides is 1. The largest absolute Gasteiger partial charge is 0.352 e. The summed E-state index contributed by atoms with van der Waals surface area (Å²) in [5, 5.41) is 5.35. The molecule has 122 valence electrons. The Morgan fingerprint density at radius 2 is 1.82 bits per heavy atom. The number of urea groups is 1. The predicted molar refractivity (Wildman–Crippen MR) is 89.6 cm³/mol. The second kappa shape index (κ2) is 9.07. The summed E-state index contributed by atoms with van der Waals surface area (Å²) in [6.07, 6.45) is 4.13. The summed E-state index contributed by atoms with van der Waals surface area (Å²) in [4.78, 5) is 23.4. The number of nitrogens with one attached hydrogen (secondary N) is 2.